The molecule has 5 heteroatoms. The number of rotatable bonds is 6. The normalized spacial score (nSPS) is 14.2. The monoisotopic (exact) mass is 718 g/mol. The zero-order valence-electron chi connectivity index (χ0n) is 30.3. The van der Waals surface area contributed by atoms with E-state index in [1.54, 1.807) is 0 Å². The van der Waals surface area contributed by atoms with Crippen molar-refractivity contribution in [2.45, 2.75) is 6.17 Å². The first kappa shape index (κ1) is 32.0. The van der Waals surface area contributed by atoms with Crippen molar-refractivity contribution in [1.82, 2.24) is 9.88 Å². The Labute approximate surface area is 323 Å². The van der Waals surface area contributed by atoms with Gasteiger partial charge in [0, 0.05) is 38.4 Å². The van der Waals surface area contributed by atoms with E-state index in [2.05, 4.69) is 192 Å². The first-order valence-corrected chi connectivity index (χ1v) is 18.9. The molecule has 0 saturated carbocycles. The standard InChI is InChI=1S/C51H34N4O/c1-4-13-33(14-5-1)36-19-12-20-38(29-36)50-52-49(35-17-8-3-9-18-35)53-51(54-50)39-24-27-47-43(30-39)44-32-40(25-28-48(44)56-47)55-45-22-11-10-21-41(45)42-26-23-37(31-46(42)55)34-15-6-2-7-16-34/h1-32,49H,(H,52,53,54). The molecule has 1 N–H and O–H groups in total. The Morgan fingerprint density at radius 2 is 1.04 bits per heavy atom. The van der Waals surface area contributed by atoms with Gasteiger partial charge in [-0.2, -0.15) is 0 Å². The van der Waals surface area contributed by atoms with Gasteiger partial charge in [0.05, 0.1) is 11.0 Å². The molecule has 1 aliphatic rings. The van der Waals surface area contributed by atoms with Gasteiger partial charge in [-0.1, -0.05) is 140 Å². The first-order chi connectivity index (χ1) is 27.7. The lowest BCUT2D eigenvalue weighted by molar-refractivity contribution is 0.668. The van der Waals surface area contributed by atoms with Crippen molar-refractivity contribution in [3.05, 3.63) is 211 Å². The summed E-state index contributed by atoms with van der Waals surface area (Å²) >= 11 is 0. The minimum absolute atomic E-state index is 0.307. The van der Waals surface area contributed by atoms with Gasteiger partial charge in [-0.3, -0.25) is 0 Å². The van der Waals surface area contributed by atoms with Crippen LogP contribution in [0.15, 0.2) is 209 Å². The predicted molar refractivity (Wildman–Crippen MR) is 231 cm³/mol. The maximum atomic E-state index is 6.46. The quantitative estimate of drug-likeness (QED) is 0.186. The molecule has 1 unspecified atom stereocenters. The lowest BCUT2D eigenvalue weighted by Gasteiger charge is -2.24. The van der Waals surface area contributed by atoms with Crippen molar-refractivity contribution in [2.75, 3.05) is 0 Å². The van der Waals surface area contributed by atoms with Crippen LogP contribution >= 0.6 is 0 Å². The fourth-order valence-electron chi connectivity index (χ4n) is 8.11. The smallest absolute Gasteiger partial charge is 0.159 e. The molecule has 0 fully saturated rings. The Balaban J connectivity index is 1.04. The van der Waals surface area contributed by atoms with E-state index in [0.717, 1.165) is 72.3 Å². The third kappa shape index (κ3) is 5.48. The van der Waals surface area contributed by atoms with Crippen molar-refractivity contribution in [2.24, 2.45) is 9.98 Å². The molecular formula is C51H34N4O. The van der Waals surface area contributed by atoms with Gasteiger partial charge in [0.25, 0.3) is 0 Å². The Hall–Kier alpha value is -7.50. The molecule has 56 heavy (non-hydrogen) atoms. The van der Waals surface area contributed by atoms with Crippen LogP contribution in [0.2, 0.25) is 0 Å². The van der Waals surface area contributed by atoms with Crippen molar-refractivity contribution in [3.63, 3.8) is 0 Å². The summed E-state index contributed by atoms with van der Waals surface area (Å²) in [6, 6.07) is 68.1. The zero-order chi connectivity index (χ0) is 37.0. The molecule has 8 aromatic carbocycles. The second-order valence-corrected chi connectivity index (χ2v) is 14.3. The molecule has 10 aromatic rings. The second kappa shape index (κ2) is 13.1. The number of furan rings is 1. The molecule has 0 spiro atoms. The number of hydrogen-bond donors (Lipinski definition) is 1. The Bertz CT molecular complexity index is 3160. The van der Waals surface area contributed by atoms with E-state index in [9.17, 15) is 0 Å². The van der Waals surface area contributed by atoms with E-state index < -0.39 is 0 Å². The van der Waals surface area contributed by atoms with Gasteiger partial charge in [-0.25, -0.2) is 9.98 Å². The van der Waals surface area contributed by atoms with Crippen LogP contribution in [0.3, 0.4) is 0 Å². The molecule has 0 saturated heterocycles. The third-order valence-electron chi connectivity index (χ3n) is 10.9. The van der Waals surface area contributed by atoms with Gasteiger partial charge in [-0.05, 0) is 82.4 Å². The molecule has 1 atom stereocenters. The number of aliphatic imine (C=N–C) groups is 2. The summed E-state index contributed by atoms with van der Waals surface area (Å²) < 4.78 is 8.84. The number of benzene rings is 8. The maximum Gasteiger partial charge on any atom is 0.159 e. The third-order valence-corrected chi connectivity index (χ3v) is 10.9. The van der Waals surface area contributed by atoms with Crippen LogP contribution in [-0.2, 0) is 0 Å². The molecular weight excluding hydrogens is 685 g/mol. The van der Waals surface area contributed by atoms with E-state index in [4.69, 9.17) is 14.4 Å². The molecule has 1 aliphatic heterocycles. The summed E-state index contributed by atoms with van der Waals surface area (Å²) in [6.07, 6.45) is -0.307. The maximum absolute atomic E-state index is 6.46. The number of aromatic nitrogens is 1. The van der Waals surface area contributed by atoms with Gasteiger partial charge in [0.1, 0.15) is 23.2 Å². The van der Waals surface area contributed by atoms with Crippen LogP contribution in [0.5, 0.6) is 0 Å². The summed E-state index contributed by atoms with van der Waals surface area (Å²) in [5, 5.41) is 8.18. The molecule has 2 aromatic heterocycles. The number of hydrogen-bond acceptors (Lipinski definition) is 4. The molecule has 0 amide bonds. The van der Waals surface area contributed by atoms with Gasteiger partial charge in [0.15, 0.2) is 5.84 Å². The number of nitrogens with one attached hydrogen (secondary N) is 1. The van der Waals surface area contributed by atoms with Crippen LogP contribution < -0.4 is 5.32 Å². The average molecular weight is 719 g/mol. The van der Waals surface area contributed by atoms with Crippen molar-refractivity contribution >= 4 is 55.4 Å². The molecule has 11 rings (SSSR count). The van der Waals surface area contributed by atoms with Gasteiger partial charge in [-0.15, -0.1) is 0 Å². The van der Waals surface area contributed by atoms with E-state index in [0.29, 0.717) is 5.84 Å². The molecule has 0 radical (unpaired) electrons. The van der Waals surface area contributed by atoms with E-state index in [1.807, 2.05) is 12.1 Å². The highest BCUT2D eigenvalue weighted by atomic mass is 16.3. The zero-order valence-corrected chi connectivity index (χ0v) is 30.3. The molecule has 264 valence electrons. The first-order valence-electron chi connectivity index (χ1n) is 18.9. The Kier molecular flexibility index (Phi) is 7.49. The van der Waals surface area contributed by atoms with Crippen LogP contribution in [0.4, 0.5) is 0 Å². The SMILES string of the molecule is c1ccc(-c2cccc(C3=NC(c4ccccc4)NC(c4ccc5oc6ccc(-n7c8ccccc8c8ccc(-c9ccccc9)cc87)cc6c5c4)=N3)c2)cc1. The highest BCUT2D eigenvalue weighted by Gasteiger charge is 2.22. The Morgan fingerprint density at radius 1 is 0.429 bits per heavy atom. The lowest BCUT2D eigenvalue weighted by atomic mass is 10.0. The fraction of sp³-hybridized carbons (Fsp3) is 0.0196. The molecule has 0 bridgehead atoms. The summed E-state index contributed by atoms with van der Waals surface area (Å²) in [7, 11) is 0. The minimum Gasteiger partial charge on any atom is -0.456 e. The van der Waals surface area contributed by atoms with E-state index in [1.165, 1.54) is 21.9 Å². The average Bonchev–Trinajstić information content (AvgIpc) is 3.81. The molecule has 3 heterocycles. The minimum atomic E-state index is -0.307. The molecule has 0 aliphatic carbocycles. The summed E-state index contributed by atoms with van der Waals surface area (Å²) in [4.78, 5) is 10.3. The van der Waals surface area contributed by atoms with Crippen LogP contribution in [0, 0.1) is 0 Å². The van der Waals surface area contributed by atoms with Crippen LogP contribution in [0.25, 0.3) is 71.7 Å². The highest BCUT2D eigenvalue weighted by molar-refractivity contribution is 6.16. The van der Waals surface area contributed by atoms with Crippen LogP contribution in [0.1, 0.15) is 22.9 Å². The number of para-hydroxylation sites is 1. The van der Waals surface area contributed by atoms with E-state index in [-0.39, 0.29) is 6.17 Å². The van der Waals surface area contributed by atoms with Gasteiger partial charge < -0.3 is 14.3 Å². The largest absolute Gasteiger partial charge is 0.456 e. The fourth-order valence-corrected chi connectivity index (χ4v) is 8.11. The second-order valence-electron chi connectivity index (χ2n) is 14.3. The highest BCUT2D eigenvalue weighted by Crippen LogP contribution is 2.38. The lowest BCUT2D eigenvalue weighted by Crippen LogP contribution is -2.33. The molecule has 5 nitrogen and oxygen atoms in total. The predicted octanol–water partition coefficient (Wildman–Crippen LogP) is 12.5. The van der Waals surface area contributed by atoms with Crippen molar-refractivity contribution in [3.8, 4) is 27.9 Å². The van der Waals surface area contributed by atoms with Crippen molar-refractivity contribution < 1.29 is 4.42 Å². The summed E-state index contributed by atoms with van der Waals surface area (Å²) in [5.41, 5.74) is 12.7. The van der Waals surface area contributed by atoms with Crippen molar-refractivity contribution in [1.29, 1.82) is 0 Å². The Morgan fingerprint density at radius 3 is 1.82 bits per heavy atom. The van der Waals surface area contributed by atoms with Gasteiger partial charge >= 0.3 is 0 Å². The summed E-state index contributed by atoms with van der Waals surface area (Å²) in [5.74, 6) is 1.45. The van der Waals surface area contributed by atoms with Crippen LogP contribution in [-0.4, -0.2) is 16.2 Å². The summed E-state index contributed by atoms with van der Waals surface area (Å²) in [6.45, 7) is 0. The topological polar surface area (TPSA) is 54.8 Å². The van der Waals surface area contributed by atoms with E-state index >= 15 is 0 Å². The number of amidine groups is 2. The van der Waals surface area contributed by atoms with Gasteiger partial charge in [0.2, 0.25) is 0 Å². The number of nitrogens with zero attached hydrogens (tertiary/aromatic N) is 3. The number of fused-ring (bicyclic) bond motifs is 6.